The predicted molar refractivity (Wildman–Crippen MR) is 86.6 cm³/mol. The number of hydrogen-bond donors (Lipinski definition) is 1. The fourth-order valence-corrected chi connectivity index (χ4v) is 4.06. The van der Waals surface area contributed by atoms with Crippen LogP contribution in [0.3, 0.4) is 0 Å². The van der Waals surface area contributed by atoms with Gasteiger partial charge in [0.2, 0.25) is 11.8 Å². The van der Waals surface area contributed by atoms with Gasteiger partial charge in [-0.25, -0.2) is 9.97 Å². The minimum atomic E-state index is -0.448. The molecule has 8 heteroatoms. The Labute approximate surface area is 137 Å². The number of rotatable bonds is 2. The summed E-state index contributed by atoms with van der Waals surface area (Å²) in [5.41, 5.74) is 1.14. The number of hydrogen-bond acceptors (Lipinski definition) is 8. The molecule has 1 aliphatic rings. The maximum absolute atomic E-state index is 10.2. The third-order valence-electron chi connectivity index (χ3n) is 4.09. The lowest BCUT2D eigenvalue weighted by Gasteiger charge is -2.24. The summed E-state index contributed by atoms with van der Waals surface area (Å²) in [5.74, 6) is 2.60. The van der Waals surface area contributed by atoms with Gasteiger partial charge in [0.1, 0.15) is 22.5 Å². The van der Waals surface area contributed by atoms with E-state index < -0.39 is 6.10 Å². The van der Waals surface area contributed by atoms with Crippen molar-refractivity contribution in [3.8, 4) is 0 Å². The normalized spacial score (nSPS) is 21.5. The lowest BCUT2D eigenvalue weighted by Crippen LogP contribution is -2.26. The third-order valence-corrected chi connectivity index (χ3v) is 5.08. The number of β-amino-alcohol motifs (C(OH)–C–C–N with tert-alkyl or cyclic N) is 1. The predicted octanol–water partition coefficient (Wildman–Crippen LogP) is 2.31. The number of aryl methyl sites for hydroxylation is 3. The van der Waals surface area contributed by atoms with Gasteiger partial charge in [-0.05, 0) is 24.8 Å². The summed E-state index contributed by atoms with van der Waals surface area (Å²) in [5, 5.41) is 21.4. The van der Waals surface area contributed by atoms with Crippen LogP contribution < -0.4 is 4.90 Å². The second-order valence-electron chi connectivity index (χ2n) is 5.91. The van der Waals surface area contributed by atoms with Crippen molar-refractivity contribution in [3.05, 3.63) is 28.5 Å². The van der Waals surface area contributed by atoms with Crippen LogP contribution in [0.2, 0.25) is 0 Å². The van der Waals surface area contributed by atoms with Crippen molar-refractivity contribution in [1.82, 2.24) is 20.2 Å². The molecule has 23 heavy (non-hydrogen) atoms. The Morgan fingerprint density at radius 1 is 1.26 bits per heavy atom. The Morgan fingerprint density at radius 2 is 2.09 bits per heavy atom. The minimum absolute atomic E-state index is 0.164. The van der Waals surface area contributed by atoms with E-state index in [4.69, 9.17) is 4.42 Å². The van der Waals surface area contributed by atoms with E-state index in [9.17, 15) is 5.11 Å². The number of thiophene rings is 1. The summed E-state index contributed by atoms with van der Waals surface area (Å²) in [7, 11) is 0. The average molecular weight is 331 g/mol. The lowest BCUT2D eigenvalue weighted by molar-refractivity contribution is 0.192. The second-order valence-corrected chi connectivity index (χ2v) is 6.77. The highest BCUT2D eigenvalue weighted by Gasteiger charge is 2.37. The Morgan fingerprint density at radius 3 is 2.83 bits per heavy atom. The molecule has 0 bridgehead atoms. The molecule has 7 nitrogen and oxygen atoms in total. The first-order chi connectivity index (χ1) is 11.0. The van der Waals surface area contributed by atoms with Crippen molar-refractivity contribution in [3.63, 3.8) is 0 Å². The topological polar surface area (TPSA) is 88.2 Å². The molecule has 0 radical (unpaired) electrons. The van der Waals surface area contributed by atoms with E-state index in [-0.39, 0.29) is 6.04 Å². The van der Waals surface area contributed by atoms with Crippen molar-refractivity contribution in [2.45, 2.75) is 39.3 Å². The maximum Gasteiger partial charge on any atom is 0.238 e. The summed E-state index contributed by atoms with van der Waals surface area (Å²) in [6, 6.07) is -0.164. The van der Waals surface area contributed by atoms with Crippen LogP contribution in [0, 0.1) is 20.8 Å². The van der Waals surface area contributed by atoms with E-state index >= 15 is 0 Å². The van der Waals surface area contributed by atoms with Crippen LogP contribution in [0.1, 0.15) is 35.6 Å². The third kappa shape index (κ3) is 2.38. The number of fused-ring (bicyclic) bond motifs is 1. The maximum atomic E-state index is 10.2. The first kappa shape index (κ1) is 14.5. The van der Waals surface area contributed by atoms with Crippen LogP contribution in [0.25, 0.3) is 10.2 Å². The van der Waals surface area contributed by atoms with Crippen LogP contribution in [-0.4, -0.2) is 37.9 Å². The van der Waals surface area contributed by atoms with Gasteiger partial charge in [0.05, 0.1) is 11.5 Å². The monoisotopic (exact) mass is 331 g/mol. The zero-order chi connectivity index (χ0) is 16.1. The minimum Gasteiger partial charge on any atom is -0.423 e. The zero-order valence-electron chi connectivity index (χ0n) is 13.1. The highest BCUT2D eigenvalue weighted by atomic mass is 32.1. The Bertz CT molecular complexity index is 874. The van der Waals surface area contributed by atoms with Crippen LogP contribution >= 0.6 is 11.3 Å². The number of aliphatic hydroxyl groups excluding tert-OH is 1. The van der Waals surface area contributed by atoms with Crippen molar-refractivity contribution in [1.29, 1.82) is 0 Å². The van der Waals surface area contributed by atoms with Gasteiger partial charge in [0.15, 0.2) is 0 Å². The number of aromatic nitrogens is 4. The molecule has 3 aromatic rings. The molecule has 0 spiro atoms. The molecule has 1 N–H and O–H groups in total. The molecular formula is C15H17N5O2S. The summed E-state index contributed by atoms with van der Waals surface area (Å²) < 4.78 is 5.61. The zero-order valence-corrected chi connectivity index (χ0v) is 14.0. The molecule has 120 valence electrons. The van der Waals surface area contributed by atoms with Gasteiger partial charge in [-0.15, -0.1) is 21.5 Å². The van der Waals surface area contributed by atoms with Gasteiger partial charge in [-0.2, -0.15) is 0 Å². The van der Waals surface area contributed by atoms with Crippen molar-refractivity contribution >= 4 is 27.4 Å². The van der Waals surface area contributed by atoms with Crippen molar-refractivity contribution in [2.75, 3.05) is 11.4 Å². The van der Waals surface area contributed by atoms with E-state index in [1.54, 1.807) is 18.3 Å². The highest BCUT2D eigenvalue weighted by Crippen LogP contribution is 2.40. The van der Waals surface area contributed by atoms with E-state index in [0.29, 0.717) is 24.7 Å². The van der Waals surface area contributed by atoms with Crippen molar-refractivity contribution < 1.29 is 9.52 Å². The average Bonchev–Trinajstić information content (AvgIpc) is 3.18. The van der Waals surface area contributed by atoms with Crippen molar-refractivity contribution in [2.24, 2.45) is 0 Å². The molecule has 0 unspecified atom stereocenters. The number of nitrogens with zero attached hydrogens (tertiary/aromatic N) is 5. The SMILES string of the molecule is Cc1nc(N2C[C@H](O)C[C@@H]2c2nnc(C)o2)c2c(C)csc2n1. The molecule has 0 aliphatic carbocycles. The first-order valence-corrected chi connectivity index (χ1v) is 8.38. The quantitative estimate of drug-likeness (QED) is 0.771. The molecular weight excluding hydrogens is 314 g/mol. The molecule has 1 saturated heterocycles. The van der Waals surface area contributed by atoms with Gasteiger partial charge in [-0.1, -0.05) is 0 Å². The van der Waals surface area contributed by atoms with Gasteiger partial charge in [-0.3, -0.25) is 0 Å². The van der Waals surface area contributed by atoms with Crippen LogP contribution in [0.5, 0.6) is 0 Å². The molecule has 0 aromatic carbocycles. The van der Waals surface area contributed by atoms with Gasteiger partial charge < -0.3 is 14.4 Å². The van der Waals surface area contributed by atoms with Gasteiger partial charge in [0, 0.05) is 19.9 Å². The molecule has 1 fully saturated rings. The van der Waals surface area contributed by atoms with Gasteiger partial charge >= 0.3 is 0 Å². The molecule has 2 atom stereocenters. The summed E-state index contributed by atoms with van der Waals surface area (Å²) in [4.78, 5) is 12.2. The fraction of sp³-hybridized carbons (Fsp3) is 0.467. The van der Waals surface area contributed by atoms with Crippen LogP contribution in [0.15, 0.2) is 9.80 Å². The van der Waals surface area contributed by atoms with Crippen LogP contribution in [-0.2, 0) is 0 Å². The summed E-state index contributed by atoms with van der Waals surface area (Å²) >= 11 is 1.61. The summed E-state index contributed by atoms with van der Waals surface area (Å²) in [6.45, 7) is 6.20. The molecule has 3 aromatic heterocycles. The number of aliphatic hydroxyl groups is 1. The Kier molecular flexibility index (Phi) is 3.31. The smallest absolute Gasteiger partial charge is 0.238 e. The van der Waals surface area contributed by atoms with E-state index in [2.05, 4.69) is 37.4 Å². The first-order valence-electron chi connectivity index (χ1n) is 7.50. The molecule has 4 rings (SSSR count). The van der Waals surface area contributed by atoms with E-state index in [1.807, 2.05) is 6.92 Å². The van der Waals surface area contributed by atoms with Crippen LogP contribution in [0.4, 0.5) is 5.82 Å². The number of anilines is 1. The lowest BCUT2D eigenvalue weighted by atomic mass is 10.2. The largest absolute Gasteiger partial charge is 0.423 e. The second kappa shape index (κ2) is 5.24. The molecule has 0 saturated carbocycles. The molecule has 4 heterocycles. The Balaban J connectivity index is 1.86. The Hall–Kier alpha value is -2.06. The standard InChI is InChI=1S/C15H17N5O2S/c1-7-6-23-15-12(7)13(16-8(2)17-15)20-5-10(21)4-11(20)14-19-18-9(3)22-14/h6,10-11,21H,4-5H2,1-3H3/t10-,11-/m1/s1. The van der Waals surface area contributed by atoms with E-state index in [0.717, 1.165) is 27.4 Å². The van der Waals surface area contributed by atoms with Gasteiger partial charge in [0.25, 0.3) is 0 Å². The fourth-order valence-electron chi connectivity index (χ4n) is 3.10. The molecule has 1 aliphatic heterocycles. The highest BCUT2D eigenvalue weighted by molar-refractivity contribution is 7.17. The summed E-state index contributed by atoms with van der Waals surface area (Å²) in [6.07, 6.45) is 0.103. The molecule has 0 amide bonds. The van der Waals surface area contributed by atoms with E-state index in [1.165, 1.54) is 0 Å².